The number of nitrogens with zero attached hydrogens (tertiary/aromatic N) is 4. The first-order valence-corrected chi connectivity index (χ1v) is 10.8. The van der Waals surface area contributed by atoms with Crippen LogP contribution in [0.15, 0.2) is 65.5 Å². The minimum Gasteiger partial charge on any atom is -0.353 e. The average Bonchev–Trinajstić information content (AvgIpc) is 3.07. The molecule has 1 N–H and O–H groups in total. The molecule has 0 radical (unpaired) electrons. The Kier molecular flexibility index (Phi) is 6.49. The molecule has 1 aliphatic heterocycles. The number of carbonyl (C=O) groups excluding carboxylic acids is 1. The number of carbonyl (C=O) groups is 1. The first-order valence-electron chi connectivity index (χ1n) is 10.8. The van der Waals surface area contributed by atoms with Crippen molar-refractivity contribution in [2.24, 2.45) is 0 Å². The van der Waals surface area contributed by atoms with Gasteiger partial charge in [0.25, 0.3) is 5.56 Å². The highest BCUT2D eigenvalue weighted by Crippen LogP contribution is 2.18. The summed E-state index contributed by atoms with van der Waals surface area (Å²) < 4.78 is 14.5. The van der Waals surface area contributed by atoms with E-state index in [4.69, 9.17) is 0 Å². The highest BCUT2D eigenvalue weighted by Gasteiger charge is 2.21. The summed E-state index contributed by atoms with van der Waals surface area (Å²) in [5.41, 5.74) is 2.16. The Hall–Kier alpha value is -3.68. The van der Waals surface area contributed by atoms with Crippen molar-refractivity contribution in [3.05, 3.63) is 82.4 Å². The third-order valence-electron chi connectivity index (χ3n) is 5.60. The Morgan fingerprint density at radius 2 is 1.78 bits per heavy atom. The van der Waals surface area contributed by atoms with E-state index in [-0.39, 0.29) is 17.4 Å². The molecule has 2 heterocycles. The fraction of sp³-hybridized carbons (Fsp3) is 0.292. The fourth-order valence-corrected chi connectivity index (χ4v) is 3.83. The van der Waals surface area contributed by atoms with E-state index >= 15 is 0 Å². The van der Waals surface area contributed by atoms with Crippen molar-refractivity contribution in [3.8, 4) is 5.69 Å². The van der Waals surface area contributed by atoms with Gasteiger partial charge >= 0.3 is 6.03 Å². The second-order valence-electron chi connectivity index (χ2n) is 7.69. The number of aryl methyl sites for hydroxylation is 1. The van der Waals surface area contributed by atoms with Crippen molar-refractivity contribution in [1.29, 1.82) is 0 Å². The average molecular weight is 436 g/mol. The van der Waals surface area contributed by atoms with Crippen LogP contribution in [0, 0.1) is 5.82 Å². The van der Waals surface area contributed by atoms with E-state index in [1.807, 2.05) is 29.2 Å². The van der Waals surface area contributed by atoms with Gasteiger partial charge in [0, 0.05) is 37.9 Å². The normalized spacial score (nSPS) is 14.2. The van der Waals surface area contributed by atoms with Crippen LogP contribution in [-0.4, -0.2) is 46.9 Å². The molecule has 7 nitrogen and oxygen atoms in total. The van der Waals surface area contributed by atoms with Gasteiger partial charge in [0.05, 0.1) is 5.69 Å². The summed E-state index contributed by atoms with van der Waals surface area (Å²) in [6.45, 7) is 4.54. The molecular weight excluding hydrogens is 409 g/mol. The first-order chi connectivity index (χ1) is 15.5. The van der Waals surface area contributed by atoms with Crippen LogP contribution in [0.4, 0.5) is 20.7 Å². The van der Waals surface area contributed by atoms with Crippen LogP contribution in [0.5, 0.6) is 0 Å². The maximum atomic E-state index is 13.2. The number of nitrogens with one attached hydrogen (secondary N) is 1. The zero-order valence-corrected chi connectivity index (χ0v) is 18.0. The Morgan fingerprint density at radius 1 is 1.00 bits per heavy atom. The highest BCUT2D eigenvalue weighted by molar-refractivity contribution is 5.90. The molecule has 0 spiro atoms. The predicted molar refractivity (Wildman–Crippen MR) is 123 cm³/mol. The van der Waals surface area contributed by atoms with Gasteiger partial charge in [0.15, 0.2) is 0 Å². The van der Waals surface area contributed by atoms with Gasteiger partial charge in [-0.2, -0.15) is 4.68 Å². The lowest BCUT2D eigenvalue weighted by Gasteiger charge is -2.23. The van der Waals surface area contributed by atoms with E-state index in [0.29, 0.717) is 37.7 Å². The summed E-state index contributed by atoms with van der Waals surface area (Å²) in [6.07, 6.45) is 1.62. The Bertz CT molecular complexity index is 1150. The van der Waals surface area contributed by atoms with Crippen molar-refractivity contribution in [3.63, 3.8) is 0 Å². The number of rotatable bonds is 4. The largest absolute Gasteiger partial charge is 0.353 e. The molecule has 2 aromatic carbocycles. The van der Waals surface area contributed by atoms with Crippen molar-refractivity contribution in [2.45, 2.75) is 19.8 Å². The van der Waals surface area contributed by atoms with Gasteiger partial charge < -0.3 is 15.1 Å². The second-order valence-corrected chi connectivity index (χ2v) is 7.69. The number of amides is 2. The second kappa shape index (κ2) is 9.64. The number of aromatic nitrogens is 2. The van der Waals surface area contributed by atoms with Crippen molar-refractivity contribution in [1.82, 2.24) is 14.7 Å². The van der Waals surface area contributed by atoms with Crippen LogP contribution >= 0.6 is 0 Å². The number of hydrogen-bond donors (Lipinski definition) is 1. The molecule has 2 amide bonds. The lowest BCUT2D eigenvalue weighted by molar-refractivity contribution is 0.215. The van der Waals surface area contributed by atoms with Crippen LogP contribution in [-0.2, 0) is 6.42 Å². The van der Waals surface area contributed by atoms with E-state index in [0.717, 1.165) is 24.1 Å². The Labute approximate surface area is 186 Å². The molecule has 32 heavy (non-hydrogen) atoms. The molecular formula is C24H26FN5O2. The molecule has 0 aliphatic carbocycles. The standard InChI is InChI=1S/C24H26FN5O2/c1-2-18-6-3-4-7-21(18)26-24(32)29-15-5-14-28(16-17-29)22-12-13-23(31)30(27-22)20-10-8-19(25)9-11-20/h3-4,6-13H,2,5,14-17H2,1H3,(H,26,32). The minimum atomic E-state index is -0.370. The summed E-state index contributed by atoms with van der Waals surface area (Å²) in [5, 5.41) is 7.52. The van der Waals surface area contributed by atoms with E-state index in [1.165, 1.54) is 35.0 Å². The lowest BCUT2D eigenvalue weighted by atomic mass is 10.1. The summed E-state index contributed by atoms with van der Waals surface area (Å²) in [6, 6.07) is 16.5. The molecule has 8 heteroatoms. The lowest BCUT2D eigenvalue weighted by Crippen LogP contribution is -2.38. The molecule has 0 bridgehead atoms. The van der Waals surface area contributed by atoms with Crippen LogP contribution in [0.25, 0.3) is 5.69 Å². The van der Waals surface area contributed by atoms with Gasteiger partial charge in [-0.25, -0.2) is 9.18 Å². The van der Waals surface area contributed by atoms with E-state index < -0.39 is 0 Å². The number of urea groups is 1. The number of hydrogen-bond acceptors (Lipinski definition) is 4. The number of benzene rings is 2. The topological polar surface area (TPSA) is 70.5 Å². The van der Waals surface area contributed by atoms with Crippen LogP contribution in [0.1, 0.15) is 18.9 Å². The molecule has 166 valence electrons. The summed E-state index contributed by atoms with van der Waals surface area (Å²) in [4.78, 5) is 29.0. The van der Waals surface area contributed by atoms with Gasteiger partial charge in [0.1, 0.15) is 11.6 Å². The maximum absolute atomic E-state index is 13.2. The molecule has 0 saturated carbocycles. The molecule has 0 unspecified atom stereocenters. The molecule has 3 aromatic rings. The minimum absolute atomic E-state index is 0.114. The quantitative estimate of drug-likeness (QED) is 0.679. The summed E-state index contributed by atoms with van der Waals surface area (Å²) in [7, 11) is 0. The number of para-hydroxylation sites is 1. The van der Waals surface area contributed by atoms with Gasteiger partial charge in [0.2, 0.25) is 0 Å². The van der Waals surface area contributed by atoms with Gasteiger partial charge in [-0.15, -0.1) is 5.10 Å². The van der Waals surface area contributed by atoms with Crippen LogP contribution in [0.3, 0.4) is 0 Å². The van der Waals surface area contributed by atoms with E-state index in [9.17, 15) is 14.0 Å². The van der Waals surface area contributed by atoms with Crippen LogP contribution < -0.4 is 15.8 Å². The van der Waals surface area contributed by atoms with Gasteiger partial charge in [-0.3, -0.25) is 4.79 Å². The monoisotopic (exact) mass is 435 g/mol. The highest BCUT2D eigenvalue weighted by atomic mass is 19.1. The smallest absolute Gasteiger partial charge is 0.321 e. The molecule has 4 rings (SSSR count). The zero-order chi connectivity index (χ0) is 22.5. The van der Waals surface area contributed by atoms with Gasteiger partial charge in [-0.1, -0.05) is 25.1 Å². The maximum Gasteiger partial charge on any atom is 0.321 e. The Balaban J connectivity index is 1.46. The Morgan fingerprint density at radius 3 is 2.56 bits per heavy atom. The summed E-state index contributed by atoms with van der Waals surface area (Å²) >= 11 is 0. The summed E-state index contributed by atoms with van der Waals surface area (Å²) in [5.74, 6) is 0.276. The van der Waals surface area contributed by atoms with Crippen LogP contribution in [0.2, 0.25) is 0 Å². The fourth-order valence-electron chi connectivity index (χ4n) is 3.83. The van der Waals surface area contributed by atoms with Gasteiger partial charge in [-0.05, 0) is 54.8 Å². The first kappa shape index (κ1) is 21.5. The third-order valence-corrected chi connectivity index (χ3v) is 5.60. The SMILES string of the molecule is CCc1ccccc1NC(=O)N1CCCN(c2ccc(=O)n(-c3ccc(F)cc3)n2)CC1. The van der Waals surface area contributed by atoms with Crippen molar-refractivity contribution < 1.29 is 9.18 Å². The van der Waals surface area contributed by atoms with E-state index in [1.54, 1.807) is 6.07 Å². The molecule has 1 fully saturated rings. The van der Waals surface area contributed by atoms with E-state index in [2.05, 4.69) is 22.2 Å². The zero-order valence-electron chi connectivity index (χ0n) is 18.0. The number of halogens is 1. The predicted octanol–water partition coefficient (Wildman–Crippen LogP) is 3.68. The molecule has 1 aromatic heterocycles. The van der Waals surface area contributed by atoms with Crippen molar-refractivity contribution >= 4 is 17.5 Å². The molecule has 1 saturated heterocycles. The third kappa shape index (κ3) is 4.80. The molecule has 0 atom stereocenters. The molecule has 1 aliphatic rings. The number of anilines is 2. The van der Waals surface area contributed by atoms with Crippen molar-refractivity contribution in [2.75, 3.05) is 36.4 Å².